The van der Waals surface area contributed by atoms with Crippen LogP contribution in [0.1, 0.15) is 40.0 Å². The van der Waals surface area contributed by atoms with Gasteiger partial charge in [0.25, 0.3) is 0 Å². The Bertz CT molecular complexity index is 348. The Morgan fingerprint density at radius 1 is 1.35 bits per heavy atom. The van der Waals surface area contributed by atoms with Gasteiger partial charge in [0.15, 0.2) is 5.60 Å². The summed E-state index contributed by atoms with van der Waals surface area (Å²) in [6.45, 7) is 7.43. The first-order valence-corrected chi connectivity index (χ1v) is 7.69. The molecule has 2 rings (SSSR count). The lowest BCUT2D eigenvalue weighted by molar-refractivity contribution is -0.186. The highest BCUT2D eigenvalue weighted by atomic mass is 16.6. The zero-order valence-corrected chi connectivity index (χ0v) is 12.7. The average molecular weight is 285 g/mol. The van der Waals surface area contributed by atoms with Crippen molar-refractivity contribution in [2.75, 3.05) is 19.7 Å². The van der Waals surface area contributed by atoms with Gasteiger partial charge in [0, 0.05) is 12.0 Å². The maximum atomic E-state index is 12.2. The smallest absolute Gasteiger partial charge is 0.341 e. The van der Waals surface area contributed by atoms with Gasteiger partial charge >= 0.3 is 5.97 Å². The maximum Gasteiger partial charge on any atom is 0.341 e. The van der Waals surface area contributed by atoms with Gasteiger partial charge in [-0.25, -0.2) is 4.79 Å². The van der Waals surface area contributed by atoms with Crippen LogP contribution in [0.2, 0.25) is 0 Å². The van der Waals surface area contributed by atoms with Crippen molar-refractivity contribution in [3.05, 3.63) is 0 Å². The minimum Gasteiger partial charge on any atom is -0.463 e. The fourth-order valence-electron chi connectivity index (χ4n) is 3.57. The Morgan fingerprint density at radius 2 is 2.05 bits per heavy atom. The highest BCUT2D eigenvalue weighted by molar-refractivity contribution is 5.80. The van der Waals surface area contributed by atoms with E-state index in [1.165, 1.54) is 19.8 Å². The molecule has 5 nitrogen and oxygen atoms in total. The zero-order valence-electron chi connectivity index (χ0n) is 12.7. The van der Waals surface area contributed by atoms with Crippen LogP contribution in [0.15, 0.2) is 0 Å². The summed E-state index contributed by atoms with van der Waals surface area (Å²) >= 11 is 0. The van der Waals surface area contributed by atoms with E-state index < -0.39 is 17.7 Å². The van der Waals surface area contributed by atoms with E-state index >= 15 is 0 Å². The molecular formula is C15H27NO4. The largest absolute Gasteiger partial charge is 0.463 e. The van der Waals surface area contributed by atoms with Gasteiger partial charge < -0.3 is 14.9 Å². The number of hydrogen-bond acceptors (Lipinski definition) is 5. The van der Waals surface area contributed by atoms with Gasteiger partial charge in [0.05, 0.1) is 12.7 Å². The quantitative estimate of drug-likeness (QED) is 0.731. The van der Waals surface area contributed by atoms with E-state index in [0.717, 1.165) is 19.5 Å². The monoisotopic (exact) mass is 285 g/mol. The molecule has 2 saturated heterocycles. The summed E-state index contributed by atoms with van der Waals surface area (Å²) in [4.78, 5) is 14.6. The first-order chi connectivity index (χ1) is 9.37. The number of aliphatic hydroxyl groups is 2. The SMILES string of the molecule is CC(C)[C@](O)(C(=O)OC[C@@H]1CCN2CCC[C@@H]12)[C@H](C)O. The Kier molecular flexibility index (Phi) is 4.72. The van der Waals surface area contributed by atoms with Gasteiger partial charge in [0.2, 0.25) is 0 Å². The van der Waals surface area contributed by atoms with E-state index in [9.17, 15) is 15.0 Å². The van der Waals surface area contributed by atoms with E-state index in [1.807, 2.05) is 0 Å². The number of carbonyl (C=O) groups excluding carboxylic acids is 1. The molecule has 0 aromatic heterocycles. The number of ether oxygens (including phenoxy) is 1. The minimum absolute atomic E-state index is 0.349. The highest BCUT2D eigenvalue weighted by Gasteiger charge is 2.46. The molecule has 0 amide bonds. The molecule has 0 aromatic carbocycles. The number of rotatable bonds is 5. The molecule has 20 heavy (non-hydrogen) atoms. The van der Waals surface area contributed by atoms with Crippen molar-refractivity contribution >= 4 is 5.97 Å². The van der Waals surface area contributed by atoms with Crippen LogP contribution in [0.4, 0.5) is 0 Å². The van der Waals surface area contributed by atoms with Crippen molar-refractivity contribution in [2.45, 2.75) is 57.8 Å². The van der Waals surface area contributed by atoms with Crippen LogP contribution in [-0.2, 0) is 9.53 Å². The lowest BCUT2D eigenvalue weighted by atomic mass is 9.85. The average Bonchev–Trinajstić information content (AvgIpc) is 2.97. The van der Waals surface area contributed by atoms with Gasteiger partial charge in [-0.15, -0.1) is 0 Å². The lowest BCUT2D eigenvalue weighted by Crippen LogP contribution is -2.53. The third kappa shape index (κ3) is 2.71. The Balaban J connectivity index is 1.91. The van der Waals surface area contributed by atoms with E-state index in [4.69, 9.17) is 4.74 Å². The molecule has 2 aliphatic heterocycles. The van der Waals surface area contributed by atoms with Crippen molar-refractivity contribution in [3.8, 4) is 0 Å². The highest BCUT2D eigenvalue weighted by Crippen LogP contribution is 2.33. The Labute approximate surface area is 120 Å². The molecule has 2 aliphatic rings. The van der Waals surface area contributed by atoms with Crippen molar-refractivity contribution in [2.24, 2.45) is 11.8 Å². The molecule has 116 valence electrons. The van der Waals surface area contributed by atoms with Crippen molar-refractivity contribution < 1.29 is 19.7 Å². The van der Waals surface area contributed by atoms with Crippen LogP contribution >= 0.6 is 0 Å². The summed E-state index contributed by atoms with van der Waals surface area (Å²) in [6.07, 6.45) is 2.31. The lowest BCUT2D eigenvalue weighted by Gasteiger charge is -2.33. The normalized spacial score (nSPS) is 31.1. The zero-order chi connectivity index (χ0) is 14.9. The van der Waals surface area contributed by atoms with Gasteiger partial charge in [0.1, 0.15) is 0 Å². The molecule has 0 saturated carbocycles. The minimum atomic E-state index is -1.81. The summed E-state index contributed by atoms with van der Waals surface area (Å²) in [7, 11) is 0. The molecule has 4 atom stereocenters. The fourth-order valence-corrected chi connectivity index (χ4v) is 3.57. The van der Waals surface area contributed by atoms with E-state index in [0.29, 0.717) is 18.6 Å². The fraction of sp³-hybridized carbons (Fsp3) is 0.933. The molecule has 5 heteroatoms. The van der Waals surface area contributed by atoms with Crippen molar-refractivity contribution in [1.29, 1.82) is 0 Å². The van der Waals surface area contributed by atoms with Gasteiger partial charge in [-0.05, 0) is 45.2 Å². The van der Waals surface area contributed by atoms with E-state index in [-0.39, 0.29) is 5.92 Å². The third-order valence-electron chi connectivity index (χ3n) is 5.02. The van der Waals surface area contributed by atoms with Crippen LogP contribution < -0.4 is 0 Å². The molecule has 2 fully saturated rings. The van der Waals surface area contributed by atoms with Crippen LogP contribution in [0.25, 0.3) is 0 Å². The second-order valence-electron chi connectivity index (χ2n) is 6.55. The van der Waals surface area contributed by atoms with Crippen LogP contribution in [0.3, 0.4) is 0 Å². The molecule has 0 aliphatic carbocycles. The first-order valence-electron chi connectivity index (χ1n) is 7.69. The molecule has 0 aromatic rings. The van der Waals surface area contributed by atoms with Crippen LogP contribution in [-0.4, -0.2) is 58.5 Å². The number of fused-ring (bicyclic) bond motifs is 1. The molecular weight excluding hydrogens is 258 g/mol. The second kappa shape index (κ2) is 6.00. The Morgan fingerprint density at radius 3 is 2.65 bits per heavy atom. The molecule has 2 heterocycles. The summed E-state index contributed by atoms with van der Waals surface area (Å²) in [6, 6.07) is 0.529. The van der Waals surface area contributed by atoms with Crippen molar-refractivity contribution in [1.82, 2.24) is 4.90 Å². The van der Waals surface area contributed by atoms with E-state index in [2.05, 4.69) is 4.90 Å². The third-order valence-corrected chi connectivity index (χ3v) is 5.02. The number of esters is 1. The van der Waals surface area contributed by atoms with Gasteiger partial charge in [-0.3, -0.25) is 4.90 Å². The molecule has 2 N–H and O–H groups in total. The predicted molar refractivity (Wildman–Crippen MR) is 75.1 cm³/mol. The van der Waals surface area contributed by atoms with Crippen molar-refractivity contribution in [3.63, 3.8) is 0 Å². The van der Waals surface area contributed by atoms with Gasteiger partial charge in [-0.2, -0.15) is 0 Å². The molecule has 0 bridgehead atoms. The van der Waals surface area contributed by atoms with Crippen LogP contribution in [0, 0.1) is 11.8 Å². The number of nitrogens with zero attached hydrogens (tertiary/aromatic N) is 1. The summed E-state index contributed by atoms with van der Waals surface area (Å²) in [5.74, 6) is -0.715. The van der Waals surface area contributed by atoms with E-state index in [1.54, 1.807) is 13.8 Å². The topological polar surface area (TPSA) is 70.0 Å². The number of hydrogen-bond donors (Lipinski definition) is 2. The number of carbonyl (C=O) groups is 1. The summed E-state index contributed by atoms with van der Waals surface area (Å²) < 4.78 is 5.35. The second-order valence-corrected chi connectivity index (χ2v) is 6.55. The standard InChI is InChI=1S/C15H27NO4/c1-10(2)15(19,11(3)17)14(18)20-9-12-6-8-16-7-4-5-13(12)16/h10-13,17,19H,4-9H2,1-3H3/t11-,12-,13-,15+/m0/s1. The maximum absolute atomic E-state index is 12.2. The first kappa shape index (κ1) is 15.7. The predicted octanol–water partition coefficient (Wildman–Crippen LogP) is 0.782. The summed E-state index contributed by atoms with van der Waals surface area (Å²) in [5.41, 5.74) is -1.81. The molecule has 0 unspecified atom stereocenters. The van der Waals surface area contributed by atoms with Gasteiger partial charge in [-0.1, -0.05) is 13.8 Å². The van der Waals surface area contributed by atoms with Crippen LogP contribution in [0.5, 0.6) is 0 Å². The molecule has 0 spiro atoms. The number of aliphatic hydroxyl groups excluding tert-OH is 1. The Hall–Kier alpha value is -0.650. The summed E-state index contributed by atoms with van der Waals surface area (Å²) in [5, 5.41) is 20.1. The molecule has 0 radical (unpaired) electrons.